The van der Waals surface area contributed by atoms with E-state index in [2.05, 4.69) is 27.1 Å². The molecule has 0 radical (unpaired) electrons. The highest BCUT2D eigenvalue weighted by Crippen LogP contribution is 2.27. The fourth-order valence-corrected chi connectivity index (χ4v) is 3.35. The zero-order chi connectivity index (χ0) is 17.8. The fraction of sp³-hybridized carbons (Fsp3) is 0.588. The summed E-state index contributed by atoms with van der Waals surface area (Å²) in [5, 5.41) is 17.5. The van der Waals surface area contributed by atoms with Crippen LogP contribution in [0.3, 0.4) is 0 Å². The minimum absolute atomic E-state index is 0.0107. The first kappa shape index (κ1) is 17.5. The average Bonchev–Trinajstić information content (AvgIpc) is 3.02. The van der Waals surface area contributed by atoms with Gasteiger partial charge in [0, 0.05) is 32.3 Å². The Hall–Kier alpha value is -2.35. The molecular weight excluding hydrogens is 320 g/mol. The summed E-state index contributed by atoms with van der Waals surface area (Å²) in [5.41, 5.74) is 1.44. The number of aromatic nitrogens is 5. The molecule has 1 saturated heterocycles. The van der Waals surface area contributed by atoms with Gasteiger partial charge in [0.1, 0.15) is 18.8 Å². The van der Waals surface area contributed by atoms with E-state index in [1.165, 1.54) is 6.33 Å². The van der Waals surface area contributed by atoms with Gasteiger partial charge in [0.05, 0.1) is 11.3 Å². The topological polar surface area (TPSA) is 97.0 Å². The van der Waals surface area contributed by atoms with Gasteiger partial charge in [0.15, 0.2) is 5.82 Å². The molecule has 2 aromatic rings. The number of carbonyl (C=O) groups excluding carboxylic acids is 1. The van der Waals surface area contributed by atoms with Crippen molar-refractivity contribution < 1.29 is 9.90 Å². The van der Waals surface area contributed by atoms with Crippen molar-refractivity contribution in [3.63, 3.8) is 0 Å². The Labute approximate surface area is 146 Å². The van der Waals surface area contributed by atoms with Crippen molar-refractivity contribution in [3.8, 4) is 0 Å². The van der Waals surface area contributed by atoms with Crippen molar-refractivity contribution in [2.75, 3.05) is 13.1 Å². The van der Waals surface area contributed by atoms with E-state index in [1.54, 1.807) is 6.20 Å². The molecule has 0 aromatic carbocycles. The summed E-state index contributed by atoms with van der Waals surface area (Å²) in [5.74, 6) is 1.71. The maximum atomic E-state index is 12.8. The van der Waals surface area contributed by atoms with E-state index in [4.69, 9.17) is 0 Å². The zero-order valence-corrected chi connectivity index (χ0v) is 14.7. The first-order chi connectivity index (χ1) is 12.2. The van der Waals surface area contributed by atoms with Crippen molar-refractivity contribution in [1.29, 1.82) is 0 Å². The molecule has 8 heteroatoms. The average molecular weight is 344 g/mol. The molecule has 1 aliphatic rings. The van der Waals surface area contributed by atoms with Crippen LogP contribution in [0.25, 0.3) is 0 Å². The summed E-state index contributed by atoms with van der Waals surface area (Å²) in [6, 6.07) is 0. The van der Waals surface area contributed by atoms with Crippen molar-refractivity contribution in [2.24, 2.45) is 7.05 Å². The van der Waals surface area contributed by atoms with Crippen LogP contribution in [0.4, 0.5) is 0 Å². The first-order valence-electron chi connectivity index (χ1n) is 8.72. The summed E-state index contributed by atoms with van der Waals surface area (Å²) in [6.45, 7) is 3.30. The maximum Gasteiger partial charge on any atom is 0.257 e. The molecule has 0 unspecified atom stereocenters. The summed E-state index contributed by atoms with van der Waals surface area (Å²) in [7, 11) is 1.87. The van der Waals surface area contributed by atoms with Gasteiger partial charge in [-0.25, -0.2) is 9.97 Å². The molecular formula is C17H24N6O2. The Morgan fingerprint density at radius 2 is 2.08 bits per heavy atom. The van der Waals surface area contributed by atoms with Crippen molar-refractivity contribution in [1.82, 2.24) is 29.6 Å². The fourth-order valence-electron chi connectivity index (χ4n) is 3.35. The van der Waals surface area contributed by atoms with Gasteiger partial charge in [0.2, 0.25) is 0 Å². The van der Waals surface area contributed by atoms with E-state index in [0.717, 1.165) is 37.2 Å². The Balaban J connectivity index is 1.68. The molecule has 8 nitrogen and oxygen atoms in total. The molecule has 1 fully saturated rings. The number of amides is 1. The van der Waals surface area contributed by atoms with E-state index in [9.17, 15) is 9.90 Å². The van der Waals surface area contributed by atoms with Gasteiger partial charge >= 0.3 is 0 Å². The number of hydrogen-bond donors (Lipinski definition) is 1. The minimum atomic E-state index is -0.116. The van der Waals surface area contributed by atoms with E-state index in [0.29, 0.717) is 24.5 Å². The number of rotatable bonds is 5. The second-order valence-electron chi connectivity index (χ2n) is 6.39. The number of nitrogens with zero attached hydrogens (tertiary/aromatic N) is 6. The Bertz CT molecular complexity index is 736. The van der Waals surface area contributed by atoms with Crippen LogP contribution in [-0.4, -0.2) is 53.7 Å². The molecule has 1 aliphatic heterocycles. The normalized spacial score (nSPS) is 15.6. The molecule has 0 bridgehead atoms. The Morgan fingerprint density at radius 1 is 1.32 bits per heavy atom. The number of aryl methyl sites for hydroxylation is 1. The molecule has 25 heavy (non-hydrogen) atoms. The van der Waals surface area contributed by atoms with Gasteiger partial charge in [-0.2, -0.15) is 0 Å². The van der Waals surface area contributed by atoms with Crippen LogP contribution in [0, 0.1) is 0 Å². The van der Waals surface area contributed by atoms with Gasteiger partial charge in [0.25, 0.3) is 5.91 Å². The van der Waals surface area contributed by atoms with Gasteiger partial charge in [-0.05, 0) is 19.3 Å². The number of piperidine rings is 1. The van der Waals surface area contributed by atoms with E-state index < -0.39 is 0 Å². The van der Waals surface area contributed by atoms with Crippen LogP contribution in [0.5, 0.6) is 0 Å². The maximum absolute atomic E-state index is 12.8. The number of aliphatic hydroxyl groups is 1. The lowest BCUT2D eigenvalue weighted by Gasteiger charge is -2.31. The summed E-state index contributed by atoms with van der Waals surface area (Å²) in [6.07, 6.45) is 6.52. The van der Waals surface area contributed by atoms with Gasteiger partial charge in [-0.3, -0.25) is 4.79 Å². The van der Waals surface area contributed by atoms with Gasteiger partial charge in [-0.1, -0.05) is 13.3 Å². The quantitative estimate of drug-likeness (QED) is 0.871. The summed E-state index contributed by atoms with van der Waals surface area (Å²) in [4.78, 5) is 23.0. The SMILES string of the molecule is CCCc1ncncc1C(=O)N1CCC(c2nnc(CO)n2C)CC1. The number of aliphatic hydroxyl groups excluding tert-OH is 1. The summed E-state index contributed by atoms with van der Waals surface area (Å²) >= 11 is 0. The van der Waals surface area contributed by atoms with Crippen molar-refractivity contribution in [2.45, 2.75) is 45.1 Å². The van der Waals surface area contributed by atoms with Crippen LogP contribution >= 0.6 is 0 Å². The zero-order valence-electron chi connectivity index (χ0n) is 14.7. The molecule has 0 saturated carbocycles. The first-order valence-corrected chi connectivity index (χ1v) is 8.72. The molecule has 3 rings (SSSR count). The van der Waals surface area contributed by atoms with Gasteiger partial charge in [-0.15, -0.1) is 10.2 Å². The summed E-state index contributed by atoms with van der Waals surface area (Å²) < 4.78 is 1.85. The van der Waals surface area contributed by atoms with E-state index in [-0.39, 0.29) is 18.4 Å². The molecule has 0 atom stereocenters. The van der Waals surface area contributed by atoms with E-state index in [1.807, 2.05) is 16.5 Å². The third kappa shape index (κ3) is 3.53. The second-order valence-corrected chi connectivity index (χ2v) is 6.39. The lowest BCUT2D eigenvalue weighted by molar-refractivity contribution is 0.0708. The largest absolute Gasteiger partial charge is 0.388 e. The van der Waals surface area contributed by atoms with E-state index >= 15 is 0 Å². The standard InChI is InChI=1S/C17H24N6O2/c1-3-4-14-13(9-18-11-19-14)17(25)23-7-5-12(6-8-23)16-21-20-15(10-24)22(16)2/h9,11-12,24H,3-8,10H2,1-2H3. The molecule has 0 spiro atoms. The number of carbonyl (C=O) groups is 1. The van der Waals surface area contributed by atoms with Gasteiger partial charge < -0.3 is 14.6 Å². The number of likely N-dealkylation sites (tertiary alicyclic amines) is 1. The molecule has 0 aliphatic carbocycles. The van der Waals surface area contributed by atoms with Crippen LogP contribution in [0.15, 0.2) is 12.5 Å². The molecule has 1 amide bonds. The lowest BCUT2D eigenvalue weighted by Crippen LogP contribution is -2.39. The smallest absolute Gasteiger partial charge is 0.257 e. The Kier molecular flexibility index (Phi) is 5.37. The predicted octanol–water partition coefficient (Wildman–Crippen LogP) is 1.07. The number of hydrogen-bond acceptors (Lipinski definition) is 6. The Morgan fingerprint density at radius 3 is 2.72 bits per heavy atom. The highest BCUT2D eigenvalue weighted by atomic mass is 16.3. The minimum Gasteiger partial charge on any atom is -0.388 e. The van der Waals surface area contributed by atoms with Crippen LogP contribution in [0.1, 0.15) is 59.8 Å². The molecule has 134 valence electrons. The molecule has 2 aromatic heterocycles. The van der Waals surface area contributed by atoms with Crippen molar-refractivity contribution >= 4 is 5.91 Å². The lowest BCUT2D eigenvalue weighted by atomic mass is 9.95. The van der Waals surface area contributed by atoms with Crippen LogP contribution in [-0.2, 0) is 20.1 Å². The predicted molar refractivity (Wildman–Crippen MR) is 90.8 cm³/mol. The molecule has 3 heterocycles. The monoisotopic (exact) mass is 344 g/mol. The molecule has 1 N–H and O–H groups in total. The highest BCUT2D eigenvalue weighted by molar-refractivity contribution is 5.95. The van der Waals surface area contributed by atoms with Crippen molar-refractivity contribution in [3.05, 3.63) is 35.4 Å². The third-order valence-corrected chi connectivity index (χ3v) is 4.80. The van der Waals surface area contributed by atoms with Crippen LogP contribution in [0.2, 0.25) is 0 Å². The third-order valence-electron chi connectivity index (χ3n) is 4.80. The van der Waals surface area contributed by atoms with Crippen LogP contribution < -0.4 is 0 Å². The second kappa shape index (κ2) is 7.69. The highest BCUT2D eigenvalue weighted by Gasteiger charge is 2.28.